The molecule has 152 valence electrons. The number of carbonyl (C=O) groups is 1. The number of amides is 1. The second-order valence-electron chi connectivity index (χ2n) is 6.37. The number of rotatable bonds is 7. The molecule has 29 heavy (non-hydrogen) atoms. The standard InChI is InChI=1S/C19H19N3O.C4H9NO/c1-4-22-18-11-15(23-3)8-9-16(18)17(12-20)19(22)13-6-5-7-14(10-13)21-2;1-2-3-5-4-6/h5-11,21H,4H2,1-3H3;4H,2-3H2,1H3,(H,5,6). The molecule has 0 aliphatic heterocycles. The molecule has 0 saturated carbocycles. The summed E-state index contributed by atoms with van der Waals surface area (Å²) in [5.74, 6) is 0.796. The van der Waals surface area contributed by atoms with E-state index in [-0.39, 0.29) is 0 Å². The van der Waals surface area contributed by atoms with E-state index in [9.17, 15) is 10.1 Å². The van der Waals surface area contributed by atoms with Gasteiger partial charge in [0.25, 0.3) is 0 Å². The molecule has 1 heterocycles. The third kappa shape index (κ3) is 4.88. The highest BCUT2D eigenvalue weighted by atomic mass is 16.5. The number of aryl methyl sites for hydroxylation is 1. The van der Waals surface area contributed by atoms with Crippen LogP contribution in [0.1, 0.15) is 25.8 Å². The zero-order chi connectivity index (χ0) is 21.2. The molecule has 0 aliphatic carbocycles. The monoisotopic (exact) mass is 392 g/mol. The average molecular weight is 393 g/mol. The normalized spacial score (nSPS) is 9.90. The Morgan fingerprint density at radius 2 is 2.00 bits per heavy atom. The van der Waals surface area contributed by atoms with Crippen LogP contribution in [0.15, 0.2) is 42.5 Å². The minimum Gasteiger partial charge on any atom is -0.497 e. The number of nitrogens with zero attached hydrogens (tertiary/aromatic N) is 2. The van der Waals surface area contributed by atoms with E-state index in [0.29, 0.717) is 12.0 Å². The first-order valence-corrected chi connectivity index (χ1v) is 9.70. The van der Waals surface area contributed by atoms with Crippen LogP contribution in [-0.2, 0) is 11.3 Å². The highest BCUT2D eigenvalue weighted by molar-refractivity contribution is 5.95. The lowest BCUT2D eigenvalue weighted by atomic mass is 10.1. The zero-order valence-corrected chi connectivity index (χ0v) is 17.5. The Bertz CT molecular complexity index is 1000. The van der Waals surface area contributed by atoms with Crippen LogP contribution < -0.4 is 15.4 Å². The average Bonchev–Trinajstić information content (AvgIpc) is 3.10. The van der Waals surface area contributed by atoms with E-state index in [0.717, 1.165) is 53.1 Å². The number of aromatic nitrogens is 1. The summed E-state index contributed by atoms with van der Waals surface area (Å²) in [7, 11) is 3.55. The highest BCUT2D eigenvalue weighted by Crippen LogP contribution is 2.35. The predicted octanol–water partition coefficient (Wildman–Crippen LogP) is 4.39. The molecule has 0 atom stereocenters. The van der Waals surface area contributed by atoms with E-state index in [1.165, 1.54) is 0 Å². The van der Waals surface area contributed by atoms with Gasteiger partial charge in [0.05, 0.1) is 23.9 Å². The molecule has 0 saturated heterocycles. The van der Waals surface area contributed by atoms with Crippen molar-refractivity contribution in [2.24, 2.45) is 0 Å². The Balaban J connectivity index is 0.000000438. The van der Waals surface area contributed by atoms with E-state index in [1.807, 2.05) is 50.4 Å². The maximum Gasteiger partial charge on any atom is 0.207 e. The first-order valence-electron chi connectivity index (χ1n) is 9.70. The van der Waals surface area contributed by atoms with Crippen LogP contribution in [0.2, 0.25) is 0 Å². The quantitative estimate of drug-likeness (QED) is 0.462. The maximum absolute atomic E-state index is 9.73. The number of methoxy groups -OCH3 is 1. The summed E-state index contributed by atoms with van der Waals surface area (Å²) in [6, 6.07) is 16.4. The molecular formula is C23H28N4O2. The lowest BCUT2D eigenvalue weighted by Gasteiger charge is -2.10. The number of benzene rings is 2. The largest absolute Gasteiger partial charge is 0.497 e. The van der Waals surface area contributed by atoms with E-state index < -0.39 is 0 Å². The smallest absolute Gasteiger partial charge is 0.207 e. The molecule has 3 aromatic rings. The van der Waals surface area contributed by atoms with Gasteiger partial charge in [0.15, 0.2) is 0 Å². The molecule has 0 fully saturated rings. The van der Waals surface area contributed by atoms with Gasteiger partial charge in [-0.2, -0.15) is 5.26 Å². The first kappa shape index (κ1) is 21.8. The number of fused-ring (bicyclic) bond motifs is 1. The van der Waals surface area contributed by atoms with Gasteiger partial charge in [-0.1, -0.05) is 19.1 Å². The third-order valence-corrected chi connectivity index (χ3v) is 4.60. The van der Waals surface area contributed by atoms with Crippen LogP contribution in [0, 0.1) is 11.3 Å². The van der Waals surface area contributed by atoms with Gasteiger partial charge >= 0.3 is 0 Å². The van der Waals surface area contributed by atoms with Crippen LogP contribution >= 0.6 is 0 Å². The molecule has 0 aliphatic rings. The Kier molecular flexibility index (Phi) is 8.11. The summed E-state index contributed by atoms with van der Waals surface area (Å²) in [5, 5.41) is 16.4. The number of hydrogen-bond donors (Lipinski definition) is 2. The molecule has 0 radical (unpaired) electrons. The number of carbonyl (C=O) groups excluding carboxylic acids is 1. The van der Waals surface area contributed by atoms with Crippen molar-refractivity contribution in [2.75, 3.05) is 26.0 Å². The van der Waals surface area contributed by atoms with Gasteiger partial charge in [-0.3, -0.25) is 4.79 Å². The van der Waals surface area contributed by atoms with Gasteiger partial charge in [-0.25, -0.2) is 0 Å². The maximum atomic E-state index is 9.73. The number of nitrogens with one attached hydrogen (secondary N) is 2. The van der Waals surface area contributed by atoms with Crippen LogP contribution in [0.5, 0.6) is 5.75 Å². The van der Waals surface area contributed by atoms with Crippen molar-refractivity contribution < 1.29 is 9.53 Å². The fourth-order valence-corrected chi connectivity index (χ4v) is 3.22. The van der Waals surface area contributed by atoms with E-state index in [4.69, 9.17) is 4.74 Å². The van der Waals surface area contributed by atoms with Crippen molar-refractivity contribution in [1.82, 2.24) is 9.88 Å². The first-order chi connectivity index (χ1) is 14.1. The van der Waals surface area contributed by atoms with Crippen LogP contribution in [0.3, 0.4) is 0 Å². The summed E-state index contributed by atoms with van der Waals surface area (Å²) >= 11 is 0. The Labute approximate surface area is 172 Å². The Morgan fingerprint density at radius 3 is 2.55 bits per heavy atom. The molecule has 0 bridgehead atoms. The van der Waals surface area contributed by atoms with Gasteiger partial charge in [-0.15, -0.1) is 0 Å². The molecule has 2 N–H and O–H groups in total. The van der Waals surface area contributed by atoms with E-state index >= 15 is 0 Å². The second-order valence-corrected chi connectivity index (χ2v) is 6.37. The Morgan fingerprint density at radius 1 is 1.21 bits per heavy atom. The molecule has 0 unspecified atom stereocenters. The lowest BCUT2D eigenvalue weighted by Crippen LogP contribution is -2.10. The summed E-state index contributed by atoms with van der Waals surface area (Å²) in [5.41, 5.74) is 4.74. The molecule has 0 spiro atoms. The number of anilines is 1. The van der Waals surface area contributed by atoms with Gasteiger partial charge in [0.2, 0.25) is 6.41 Å². The summed E-state index contributed by atoms with van der Waals surface area (Å²) < 4.78 is 7.51. The summed E-state index contributed by atoms with van der Waals surface area (Å²) in [4.78, 5) is 9.45. The molecule has 6 nitrogen and oxygen atoms in total. The van der Waals surface area contributed by atoms with Crippen LogP contribution in [0.4, 0.5) is 5.69 Å². The predicted molar refractivity (Wildman–Crippen MR) is 118 cm³/mol. The molecular weight excluding hydrogens is 364 g/mol. The van der Waals surface area contributed by atoms with Crippen LogP contribution in [-0.4, -0.2) is 31.7 Å². The fraction of sp³-hybridized carbons (Fsp3) is 0.304. The highest BCUT2D eigenvalue weighted by Gasteiger charge is 2.18. The molecule has 1 amide bonds. The van der Waals surface area contributed by atoms with Crippen molar-refractivity contribution in [1.29, 1.82) is 5.26 Å². The molecule has 3 rings (SSSR count). The molecule has 6 heteroatoms. The van der Waals surface area contributed by atoms with Crippen molar-refractivity contribution >= 4 is 23.0 Å². The number of hydrogen-bond acceptors (Lipinski definition) is 4. The zero-order valence-electron chi connectivity index (χ0n) is 17.5. The molecule has 2 aromatic carbocycles. The lowest BCUT2D eigenvalue weighted by molar-refractivity contribution is -0.109. The Hall–Kier alpha value is -3.46. The number of nitriles is 1. The van der Waals surface area contributed by atoms with Crippen molar-refractivity contribution in [3.05, 3.63) is 48.0 Å². The van der Waals surface area contributed by atoms with Crippen molar-refractivity contribution in [3.8, 4) is 23.1 Å². The fourth-order valence-electron chi connectivity index (χ4n) is 3.22. The van der Waals surface area contributed by atoms with Gasteiger partial charge in [0.1, 0.15) is 11.8 Å². The minimum absolute atomic E-state index is 0.706. The van der Waals surface area contributed by atoms with E-state index in [2.05, 4.69) is 34.3 Å². The SMILES string of the molecule is CCCNC=O.CCn1c(-c2cccc(NC)c2)c(C#N)c2ccc(OC)cc21. The summed E-state index contributed by atoms with van der Waals surface area (Å²) in [6.07, 6.45) is 1.72. The second kappa shape index (κ2) is 10.8. The van der Waals surface area contributed by atoms with Gasteiger partial charge < -0.3 is 19.9 Å². The third-order valence-electron chi connectivity index (χ3n) is 4.60. The van der Waals surface area contributed by atoms with Crippen molar-refractivity contribution in [3.63, 3.8) is 0 Å². The molecule has 1 aromatic heterocycles. The van der Waals surface area contributed by atoms with E-state index in [1.54, 1.807) is 7.11 Å². The minimum atomic E-state index is 0.706. The topological polar surface area (TPSA) is 79.1 Å². The summed E-state index contributed by atoms with van der Waals surface area (Å²) in [6.45, 7) is 5.68. The van der Waals surface area contributed by atoms with Gasteiger partial charge in [-0.05, 0) is 37.6 Å². The van der Waals surface area contributed by atoms with Crippen LogP contribution in [0.25, 0.3) is 22.2 Å². The van der Waals surface area contributed by atoms with Crippen molar-refractivity contribution in [2.45, 2.75) is 26.8 Å². The number of ether oxygens (including phenoxy) is 1. The van der Waals surface area contributed by atoms with Gasteiger partial charge in [0, 0.05) is 42.8 Å².